The lowest BCUT2D eigenvalue weighted by atomic mass is 10.0. The first-order valence-corrected chi connectivity index (χ1v) is 7.29. The molecule has 19 heavy (non-hydrogen) atoms. The van der Waals surface area contributed by atoms with Crippen LogP contribution in [-0.4, -0.2) is 18.5 Å². The molecule has 104 valence electrons. The molecule has 2 N–H and O–H groups in total. The highest BCUT2D eigenvalue weighted by Gasteiger charge is 2.17. The molecule has 2 rings (SSSR count). The van der Waals surface area contributed by atoms with Gasteiger partial charge in [0.25, 0.3) is 0 Å². The van der Waals surface area contributed by atoms with Crippen LogP contribution in [0.5, 0.6) is 0 Å². The summed E-state index contributed by atoms with van der Waals surface area (Å²) in [4.78, 5) is 11.9. The van der Waals surface area contributed by atoms with Gasteiger partial charge in [0.2, 0.25) is 5.91 Å². The summed E-state index contributed by atoms with van der Waals surface area (Å²) in [7, 11) is 0. The summed E-state index contributed by atoms with van der Waals surface area (Å²) in [6.07, 6.45) is 4.76. The van der Waals surface area contributed by atoms with Gasteiger partial charge in [-0.1, -0.05) is 44.9 Å². The Kier molecular flexibility index (Phi) is 4.83. The molecule has 1 aromatic rings. The zero-order valence-electron chi connectivity index (χ0n) is 11.9. The molecular formula is C16H24N2O. The summed E-state index contributed by atoms with van der Waals surface area (Å²) in [5.41, 5.74) is 2.33. The predicted octanol–water partition coefficient (Wildman–Crippen LogP) is 3.28. The minimum Gasteiger partial charge on any atom is -0.376 e. The predicted molar refractivity (Wildman–Crippen MR) is 79.4 cm³/mol. The Morgan fingerprint density at radius 3 is 2.63 bits per heavy atom. The van der Waals surface area contributed by atoms with Crippen molar-refractivity contribution in [3.05, 3.63) is 29.8 Å². The minimum atomic E-state index is 0.102. The molecule has 1 aliphatic carbocycles. The van der Waals surface area contributed by atoms with Crippen LogP contribution in [0.4, 0.5) is 5.69 Å². The molecule has 0 heterocycles. The van der Waals surface area contributed by atoms with Gasteiger partial charge in [0.15, 0.2) is 0 Å². The van der Waals surface area contributed by atoms with Crippen LogP contribution in [0.3, 0.4) is 0 Å². The second-order valence-electron chi connectivity index (χ2n) is 5.64. The maximum Gasteiger partial charge on any atom is 0.239 e. The van der Waals surface area contributed by atoms with E-state index >= 15 is 0 Å². The van der Waals surface area contributed by atoms with Crippen LogP contribution in [0, 0.1) is 0 Å². The summed E-state index contributed by atoms with van der Waals surface area (Å²) >= 11 is 0. The number of benzene rings is 1. The Hall–Kier alpha value is -1.51. The van der Waals surface area contributed by atoms with Gasteiger partial charge in [0.1, 0.15) is 0 Å². The molecule has 0 spiro atoms. The largest absolute Gasteiger partial charge is 0.376 e. The van der Waals surface area contributed by atoms with Crippen LogP contribution in [0.25, 0.3) is 0 Å². The molecule has 1 aromatic carbocycles. The third-order valence-corrected chi connectivity index (χ3v) is 3.74. The summed E-state index contributed by atoms with van der Waals surface area (Å²) in [6.45, 7) is 4.69. The number of hydrogen-bond acceptors (Lipinski definition) is 2. The Morgan fingerprint density at radius 2 is 1.95 bits per heavy atom. The van der Waals surface area contributed by atoms with Gasteiger partial charge in [-0.2, -0.15) is 0 Å². The minimum absolute atomic E-state index is 0.102. The molecule has 0 atom stereocenters. The molecule has 0 aliphatic heterocycles. The molecule has 3 heteroatoms. The van der Waals surface area contributed by atoms with Crippen LogP contribution >= 0.6 is 0 Å². The summed E-state index contributed by atoms with van der Waals surface area (Å²) in [5.74, 6) is 0.562. The fourth-order valence-electron chi connectivity index (χ4n) is 2.69. The van der Waals surface area contributed by atoms with Crippen molar-refractivity contribution < 1.29 is 4.79 Å². The van der Waals surface area contributed by atoms with Gasteiger partial charge in [-0.25, -0.2) is 0 Å². The maximum atomic E-state index is 11.9. The standard InChI is InChI=1S/C16H24N2O/c1-12(2)14-9-5-6-10-15(14)17-11-16(19)18-13-7-3-4-8-13/h5-6,9-10,12-13,17H,3-4,7-8,11H2,1-2H3,(H,18,19). The molecule has 0 bridgehead atoms. The number of carbonyl (C=O) groups is 1. The highest BCUT2D eigenvalue weighted by Crippen LogP contribution is 2.23. The molecule has 0 aromatic heterocycles. The average molecular weight is 260 g/mol. The third kappa shape index (κ3) is 3.98. The van der Waals surface area contributed by atoms with Crippen LogP contribution in [-0.2, 0) is 4.79 Å². The van der Waals surface area contributed by atoms with Gasteiger partial charge in [-0.05, 0) is 30.4 Å². The van der Waals surface area contributed by atoms with E-state index in [1.807, 2.05) is 18.2 Å². The van der Waals surface area contributed by atoms with Gasteiger partial charge in [-0.15, -0.1) is 0 Å². The molecular weight excluding hydrogens is 236 g/mol. The second-order valence-corrected chi connectivity index (χ2v) is 5.64. The smallest absolute Gasteiger partial charge is 0.239 e. The van der Waals surface area contributed by atoms with Gasteiger partial charge in [0, 0.05) is 11.7 Å². The van der Waals surface area contributed by atoms with E-state index in [0.717, 1.165) is 18.5 Å². The van der Waals surface area contributed by atoms with Gasteiger partial charge in [0.05, 0.1) is 6.54 Å². The van der Waals surface area contributed by atoms with Crippen LogP contribution in [0.1, 0.15) is 51.0 Å². The van der Waals surface area contributed by atoms with Gasteiger partial charge >= 0.3 is 0 Å². The number of hydrogen-bond donors (Lipinski definition) is 2. The van der Waals surface area contributed by atoms with Gasteiger partial charge < -0.3 is 10.6 Å². The number of para-hydroxylation sites is 1. The van der Waals surface area contributed by atoms with E-state index in [2.05, 4.69) is 30.5 Å². The topological polar surface area (TPSA) is 41.1 Å². The average Bonchev–Trinajstić information content (AvgIpc) is 2.89. The lowest BCUT2D eigenvalue weighted by Gasteiger charge is -2.16. The molecule has 0 radical (unpaired) electrons. The second kappa shape index (κ2) is 6.60. The van der Waals surface area contributed by atoms with E-state index in [9.17, 15) is 4.79 Å². The quantitative estimate of drug-likeness (QED) is 0.853. The molecule has 3 nitrogen and oxygen atoms in total. The number of carbonyl (C=O) groups excluding carboxylic acids is 1. The van der Waals surface area contributed by atoms with Crippen molar-refractivity contribution in [2.45, 2.75) is 51.5 Å². The number of anilines is 1. The summed E-state index contributed by atoms with van der Waals surface area (Å²) < 4.78 is 0. The van der Waals surface area contributed by atoms with E-state index < -0.39 is 0 Å². The number of rotatable bonds is 5. The van der Waals surface area contributed by atoms with Crippen molar-refractivity contribution in [2.75, 3.05) is 11.9 Å². The Labute approximate surface area is 115 Å². The fourth-order valence-corrected chi connectivity index (χ4v) is 2.69. The lowest BCUT2D eigenvalue weighted by Crippen LogP contribution is -2.36. The van der Waals surface area contributed by atoms with Crippen molar-refractivity contribution >= 4 is 11.6 Å². The van der Waals surface area contributed by atoms with E-state index in [1.165, 1.54) is 18.4 Å². The van der Waals surface area contributed by atoms with Crippen molar-refractivity contribution in [3.8, 4) is 0 Å². The van der Waals surface area contributed by atoms with Crippen molar-refractivity contribution in [1.29, 1.82) is 0 Å². The number of nitrogens with one attached hydrogen (secondary N) is 2. The van der Waals surface area contributed by atoms with Crippen LogP contribution < -0.4 is 10.6 Å². The van der Waals surface area contributed by atoms with Crippen molar-refractivity contribution in [3.63, 3.8) is 0 Å². The first kappa shape index (κ1) is 13.9. The van der Waals surface area contributed by atoms with Crippen LogP contribution in [0.15, 0.2) is 24.3 Å². The normalized spacial score (nSPS) is 15.7. The first-order chi connectivity index (χ1) is 9.16. The monoisotopic (exact) mass is 260 g/mol. The SMILES string of the molecule is CC(C)c1ccccc1NCC(=O)NC1CCCC1. The van der Waals surface area contributed by atoms with Gasteiger partial charge in [-0.3, -0.25) is 4.79 Å². The Bertz CT molecular complexity index is 423. The lowest BCUT2D eigenvalue weighted by molar-refractivity contribution is -0.120. The third-order valence-electron chi connectivity index (χ3n) is 3.74. The highest BCUT2D eigenvalue weighted by molar-refractivity contribution is 5.81. The van der Waals surface area contributed by atoms with E-state index in [1.54, 1.807) is 0 Å². The molecule has 1 fully saturated rings. The molecule has 1 amide bonds. The summed E-state index contributed by atoms with van der Waals surface area (Å²) in [6, 6.07) is 8.59. The van der Waals surface area contributed by atoms with Crippen molar-refractivity contribution in [2.24, 2.45) is 0 Å². The summed E-state index contributed by atoms with van der Waals surface area (Å²) in [5, 5.41) is 6.35. The van der Waals surface area contributed by atoms with E-state index in [0.29, 0.717) is 18.5 Å². The van der Waals surface area contributed by atoms with Crippen LogP contribution in [0.2, 0.25) is 0 Å². The Morgan fingerprint density at radius 1 is 1.26 bits per heavy atom. The molecule has 0 unspecified atom stereocenters. The zero-order valence-corrected chi connectivity index (χ0v) is 11.9. The molecule has 1 saturated carbocycles. The maximum absolute atomic E-state index is 11.9. The van der Waals surface area contributed by atoms with Crippen molar-refractivity contribution in [1.82, 2.24) is 5.32 Å². The zero-order chi connectivity index (χ0) is 13.7. The van der Waals surface area contributed by atoms with E-state index in [-0.39, 0.29) is 5.91 Å². The van der Waals surface area contributed by atoms with E-state index in [4.69, 9.17) is 0 Å². The first-order valence-electron chi connectivity index (χ1n) is 7.29. The highest BCUT2D eigenvalue weighted by atomic mass is 16.1. The Balaban J connectivity index is 1.86. The molecule has 0 saturated heterocycles. The molecule has 1 aliphatic rings. The number of amides is 1. The fraction of sp³-hybridized carbons (Fsp3) is 0.562.